The smallest absolute Gasteiger partial charge is 0.247 e. The molecule has 4 rings (SSSR count). The first-order valence-corrected chi connectivity index (χ1v) is 7.33. The highest BCUT2D eigenvalue weighted by Crippen LogP contribution is 2.27. The zero-order chi connectivity index (χ0) is 15.1. The highest BCUT2D eigenvalue weighted by molar-refractivity contribution is 5.91. The molecule has 0 aromatic carbocycles. The molecule has 7 nitrogen and oxygen atoms in total. The van der Waals surface area contributed by atoms with Crippen LogP contribution in [0.2, 0.25) is 0 Å². The molecule has 0 fully saturated rings. The second-order valence-corrected chi connectivity index (χ2v) is 5.52. The maximum Gasteiger partial charge on any atom is 0.247 e. The fourth-order valence-electron chi connectivity index (χ4n) is 3.01. The quantitative estimate of drug-likeness (QED) is 0.790. The number of pyridine rings is 1. The highest BCUT2D eigenvalue weighted by Gasteiger charge is 2.22. The van der Waals surface area contributed by atoms with Gasteiger partial charge in [0.05, 0.1) is 11.9 Å². The fraction of sp³-hybridized carbons (Fsp3) is 0.333. The topological polar surface area (TPSA) is 77.6 Å². The predicted molar refractivity (Wildman–Crippen MR) is 81.4 cm³/mol. The molecule has 0 aliphatic heterocycles. The summed E-state index contributed by atoms with van der Waals surface area (Å²) in [6.07, 6.45) is 6.50. The van der Waals surface area contributed by atoms with Gasteiger partial charge >= 0.3 is 0 Å². The lowest BCUT2D eigenvalue weighted by molar-refractivity contribution is -0.116. The van der Waals surface area contributed by atoms with Crippen molar-refractivity contribution in [1.82, 2.24) is 24.5 Å². The van der Waals surface area contributed by atoms with Crippen LogP contribution in [0, 0.1) is 0 Å². The number of hydrogen-bond acceptors (Lipinski definition) is 4. The van der Waals surface area contributed by atoms with Crippen LogP contribution in [0.4, 0.5) is 5.82 Å². The van der Waals surface area contributed by atoms with E-state index >= 15 is 0 Å². The van der Waals surface area contributed by atoms with Gasteiger partial charge in [-0.2, -0.15) is 10.2 Å². The van der Waals surface area contributed by atoms with Crippen molar-refractivity contribution in [2.45, 2.75) is 25.8 Å². The van der Waals surface area contributed by atoms with E-state index in [4.69, 9.17) is 0 Å². The minimum absolute atomic E-state index is 0.117. The van der Waals surface area contributed by atoms with Gasteiger partial charge < -0.3 is 5.32 Å². The summed E-state index contributed by atoms with van der Waals surface area (Å²) >= 11 is 0. The molecular formula is C15H16N6O. The highest BCUT2D eigenvalue weighted by atomic mass is 16.2. The Morgan fingerprint density at radius 3 is 3.23 bits per heavy atom. The van der Waals surface area contributed by atoms with E-state index in [1.54, 1.807) is 21.8 Å². The van der Waals surface area contributed by atoms with Crippen LogP contribution in [-0.2, 0) is 31.2 Å². The third kappa shape index (κ3) is 2.05. The zero-order valence-electron chi connectivity index (χ0n) is 12.3. The lowest BCUT2D eigenvalue weighted by Gasteiger charge is -2.08. The van der Waals surface area contributed by atoms with Crippen LogP contribution in [0.15, 0.2) is 24.5 Å². The van der Waals surface area contributed by atoms with E-state index in [1.807, 2.05) is 19.2 Å². The SMILES string of the molecule is Cn1nc2c(c1NC(=O)Cn1ncc3cccnc31)CCC2. The van der Waals surface area contributed by atoms with Crippen molar-refractivity contribution in [1.29, 1.82) is 0 Å². The molecule has 1 aliphatic rings. The van der Waals surface area contributed by atoms with Crippen molar-refractivity contribution in [3.8, 4) is 0 Å². The van der Waals surface area contributed by atoms with Crippen molar-refractivity contribution in [2.24, 2.45) is 7.05 Å². The number of aromatic nitrogens is 5. The molecule has 112 valence electrons. The summed E-state index contributed by atoms with van der Waals surface area (Å²) in [5.74, 6) is 0.690. The standard InChI is InChI=1S/C15H16N6O/c1-20-15(11-5-2-6-12(11)19-20)18-13(22)9-21-14-10(8-17-21)4-3-7-16-14/h3-4,7-8H,2,5-6,9H2,1H3,(H,18,22). The van der Waals surface area contributed by atoms with E-state index in [2.05, 4.69) is 20.5 Å². The zero-order valence-corrected chi connectivity index (χ0v) is 12.3. The largest absolute Gasteiger partial charge is 0.309 e. The normalized spacial score (nSPS) is 13.5. The third-order valence-corrected chi connectivity index (χ3v) is 4.02. The summed E-state index contributed by atoms with van der Waals surface area (Å²) in [6.45, 7) is 0.139. The van der Waals surface area contributed by atoms with Gasteiger partial charge in [0.1, 0.15) is 12.4 Å². The van der Waals surface area contributed by atoms with Crippen molar-refractivity contribution < 1.29 is 4.79 Å². The lowest BCUT2D eigenvalue weighted by Crippen LogP contribution is -2.21. The first kappa shape index (κ1) is 13.0. The number of carbonyl (C=O) groups is 1. The van der Waals surface area contributed by atoms with Gasteiger partial charge in [-0.05, 0) is 31.4 Å². The molecule has 3 aromatic rings. The Bertz CT molecular complexity index is 862. The molecule has 3 heterocycles. The van der Waals surface area contributed by atoms with Crippen molar-refractivity contribution >= 4 is 22.8 Å². The van der Waals surface area contributed by atoms with Crippen LogP contribution in [-0.4, -0.2) is 30.5 Å². The number of nitrogens with one attached hydrogen (secondary N) is 1. The van der Waals surface area contributed by atoms with Crippen LogP contribution < -0.4 is 5.32 Å². The summed E-state index contributed by atoms with van der Waals surface area (Å²) in [7, 11) is 1.86. The Labute approximate surface area is 126 Å². The van der Waals surface area contributed by atoms with Gasteiger partial charge in [-0.1, -0.05) is 0 Å². The molecule has 0 atom stereocenters. The van der Waals surface area contributed by atoms with Gasteiger partial charge in [-0.3, -0.25) is 9.48 Å². The molecule has 0 spiro atoms. The molecule has 1 N–H and O–H groups in total. The van der Waals surface area contributed by atoms with E-state index in [1.165, 1.54) is 5.56 Å². The Hall–Kier alpha value is -2.70. The maximum atomic E-state index is 12.3. The van der Waals surface area contributed by atoms with Gasteiger partial charge in [0.15, 0.2) is 5.65 Å². The number of fused-ring (bicyclic) bond motifs is 2. The van der Waals surface area contributed by atoms with Crippen LogP contribution in [0.25, 0.3) is 11.0 Å². The van der Waals surface area contributed by atoms with Crippen LogP contribution in [0.1, 0.15) is 17.7 Å². The number of aryl methyl sites for hydroxylation is 2. The van der Waals surface area contributed by atoms with Gasteiger partial charge in [0.25, 0.3) is 0 Å². The lowest BCUT2D eigenvalue weighted by atomic mass is 10.2. The summed E-state index contributed by atoms with van der Waals surface area (Å²) in [5.41, 5.74) is 2.98. The number of nitrogens with zero attached hydrogens (tertiary/aromatic N) is 5. The van der Waals surface area contributed by atoms with E-state index in [-0.39, 0.29) is 12.5 Å². The second-order valence-electron chi connectivity index (χ2n) is 5.52. The molecule has 1 aliphatic carbocycles. The van der Waals surface area contributed by atoms with Crippen molar-refractivity contribution in [2.75, 3.05) is 5.32 Å². The van der Waals surface area contributed by atoms with Gasteiger partial charge in [-0.15, -0.1) is 0 Å². The molecule has 0 unspecified atom stereocenters. The van der Waals surface area contributed by atoms with E-state index in [0.29, 0.717) is 5.65 Å². The Balaban J connectivity index is 1.56. The summed E-state index contributed by atoms with van der Waals surface area (Å²) < 4.78 is 3.36. The number of amides is 1. The Kier molecular flexibility index (Phi) is 2.92. The number of rotatable bonds is 3. The molecule has 1 amide bonds. The molecule has 0 saturated carbocycles. The predicted octanol–water partition coefficient (Wildman–Crippen LogP) is 1.29. The summed E-state index contributed by atoms with van der Waals surface area (Å²) in [4.78, 5) is 16.6. The third-order valence-electron chi connectivity index (χ3n) is 4.02. The van der Waals surface area contributed by atoms with Crippen molar-refractivity contribution in [3.05, 3.63) is 35.8 Å². The second kappa shape index (κ2) is 4.94. The number of anilines is 1. The van der Waals surface area contributed by atoms with E-state index in [0.717, 1.165) is 36.2 Å². The summed E-state index contributed by atoms with van der Waals surface area (Å²) in [5, 5.41) is 12.6. The molecular weight excluding hydrogens is 280 g/mol. The van der Waals surface area contributed by atoms with Crippen LogP contribution in [0.5, 0.6) is 0 Å². The molecule has 3 aromatic heterocycles. The number of carbonyl (C=O) groups excluding carboxylic acids is 1. The molecule has 0 bridgehead atoms. The van der Waals surface area contributed by atoms with E-state index in [9.17, 15) is 4.79 Å². The summed E-state index contributed by atoms with van der Waals surface area (Å²) in [6, 6.07) is 3.78. The van der Waals surface area contributed by atoms with Gasteiger partial charge in [0.2, 0.25) is 5.91 Å². The Morgan fingerprint density at radius 1 is 1.41 bits per heavy atom. The van der Waals surface area contributed by atoms with Crippen molar-refractivity contribution in [3.63, 3.8) is 0 Å². The van der Waals surface area contributed by atoms with Crippen LogP contribution >= 0.6 is 0 Å². The van der Waals surface area contributed by atoms with E-state index < -0.39 is 0 Å². The fourth-order valence-corrected chi connectivity index (χ4v) is 3.01. The molecule has 22 heavy (non-hydrogen) atoms. The molecule has 7 heteroatoms. The molecule has 0 saturated heterocycles. The molecule has 0 radical (unpaired) electrons. The van der Waals surface area contributed by atoms with Gasteiger partial charge in [-0.25, -0.2) is 9.67 Å². The minimum atomic E-state index is -0.117. The number of hydrogen-bond donors (Lipinski definition) is 1. The maximum absolute atomic E-state index is 12.3. The Morgan fingerprint density at radius 2 is 2.32 bits per heavy atom. The van der Waals surface area contributed by atoms with Crippen LogP contribution in [0.3, 0.4) is 0 Å². The first-order chi connectivity index (χ1) is 10.7. The average Bonchev–Trinajstić information content (AvgIpc) is 3.18. The van der Waals surface area contributed by atoms with Gasteiger partial charge in [0, 0.05) is 24.2 Å². The monoisotopic (exact) mass is 296 g/mol. The minimum Gasteiger partial charge on any atom is -0.309 e. The first-order valence-electron chi connectivity index (χ1n) is 7.33. The average molecular weight is 296 g/mol.